The van der Waals surface area contributed by atoms with Crippen LogP contribution in [-0.4, -0.2) is 29.0 Å². The highest BCUT2D eigenvalue weighted by Crippen LogP contribution is 2.38. The fraction of sp³-hybridized carbons (Fsp3) is 0.200. The third-order valence-electron chi connectivity index (χ3n) is 5.81. The first-order valence-electron chi connectivity index (χ1n) is 10.9. The van der Waals surface area contributed by atoms with Crippen LogP contribution in [-0.2, 0) is 6.42 Å². The van der Waals surface area contributed by atoms with E-state index in [0.717, 1.165) is 21.2 Å². The molecular weight excluding hydrogens is 454 g/mol. The molecule has 1 aliphatic heterocycles. The number of amides is 1. The Kier molecular flexibility index (Phi) is 5.67. The van der Waals surface area contributed by atoms with E-state index in [1.165, 1.54) is 6.20 Å². The molecule has 1 N–H and O–H groups in total. The number of hydrogen-bond acceptors (Lipinski definition) is 6. The summed E-state index contributed by atoms with van der Waals surface area (Å²) in [5.41, 5.74) is 3.33. The first-order valence-corrected chi connectivity index (χ1v) is 11.3. The summed E-state index contributed by atoms with van der Waals surface area (Å²) >= 11 is 6.20. The lowest BCUT2D eigenvalue weighted by Gasteiger charge is -2.23. The molecule has 8 nitrogen and oxygen atoms in total. The van der Waals surface area contributed by atoms with E-state index in [-0.39, 0.29) is 5.91 Å². The Labute approximate surface area is 201 Å². The van der Waals surface area contributed by atoms with Crippen molar-refractivity contribution in [1.82, 2.24) is 9.97 Å². The van der Waals surface area contributed by atoms with Crippen LogP contribution in [0.25, 0.3) is 10.9 Å². The Morgan fingerprint density at radius 2 is 2.06 bits per heavy atom. The predicted octanol–water partition coefficient (Wildman–Crippen LogP) is 4.57. The average molecular weight is 476 g/mol. The molecule has 4 aromatic rings. The van der Waals surface area contributed by atoms with Gasteiger partial charge in [0.25, 0.3) is 5.91 Å². The van der Waals surface area contributed by atoms with Crippen molar-refractivity contribution in [3.8, 4) is 5.75 Å². The van der Waals surface area contributed by atoms with Gasteiger partial charge < -0.3 is 20.2 Å². The summed E-state index contributed by atoms with van der Waals surface area (Å²) < 4.78 is 6.80. The normalized spacial score (nSPS) is 12.7. The van der Waals surface area contributed by atoms with Crippen LogP contribution in [0.3, 0.4) is 0 Å². The monoisotopic (exact) mass is 475 g/mol. The lowest BCUT2D eigenvalue weighted by molar-refractivity contribution is -0.577. The van der Waals surface area contributed by atoms with Crippen LogP contribution in [0.1, 0.15) is 28.4 Å². The van der Waals surface area contributed by atoms with E-state index in [1.54, 1.807) is 30.5 Å². The van der Waals surface area contributed by atoms with Crippen LogP contribution in [0.5, 0.6) is 5.75 Å². The van der Waals surface area contributed by atoms with Crippen molar-refractivity contribution < 1.29 is 14.3 Å². The van der Waals surface area contributed by atoms with Crippen LogP contribution >= 0.6 is 11.6 Å². The molecular formula is C25H22ClN5O3. The van der Waals surface area contributed by atoms with Gasteiger partial charge in [0.1, 0.15) is 16.7 Å². The summed E-state index contributed by atoms with van der Waals surface area (Å²) in [6, 6.07) is 12.5. The third kappa shape index (κ3) is 3.86. The number of fused-ring (bicyclic) bond motifs is 3. The Morgan fingerprint density at radius 1 is 1.21 bits per heavy atom. The largest absolute Gasteiger partial charge is 0.618 e. The highest BCUT2D eigenvalue weighted by Gasteiger charge is 2.28. The molecule has 172 valence electrons. The van der Waals surface area contributed by atoms with E-state index in [9.17, 15) is 10.0 Å². The lowest BCUT2D eigenvalue weighted by atomic mass is 10.1. The highest BCUT2D eigenvalue weighted by atomic mass is 35.5. The number of nitrogens with one attached hydrogen (secondary N) is 1. The standard InChI is InChI=1S/C25H22ClN5O3/c1-3-30-23-18(25(32)29-22-15(2)12-21(26)28-24(22)30)13-16(14-27-23)9-11-34-20-8-4-7-19-17(20)6-5-10-31(19)33/h4-8,10,12-14H,3,9,11H2,1-2H3,(H,29,32). The molecule has 3 aromatic heterocycles. The van der Waals surface area contributed by atoms with E-state index in [4.69, 9.17) is 16.3 Å². The first-order chi connectivity index (χ1) is 16.5. The van der Waals surface area contributed by atoms with Gasteiger partial charge in [-0.2, -0.15) is 4.73 Å². The number of ether oxygens (including phenoxy) is 1. The summed E-state index contributed by atoms with van der Waals surface area (Å²) in [4.78, 5) is 24.0. The van der Waals surface area contributed by atoms with E-state index >= 15 is 0 Å². The van der Waals surface area contributed by atoms with Crippen molar-refractivity contribution in [2.45, 2.75) is 20.3 Å². The molecule has 0 saturated heterocycles. The van der Waals surface area contributed by atoms with Crippen LogP contribution in [0, 0.1) is 12.1 Å². The minimum atomic E-state index is -0.247. The van der Waals surface area contributed by atoms with E-state index < -0.39 is 0 Å². The molecule has 0 aliphatic carbocycles. The second-order valence-electron chi connectivity index (χ2n) is 7.99. The number of pyridine rings is 3. The van der Waals surface area contributed by atoms with Gasteiger partial charge in [-0.3, -0.25) is 4.79 Å². The minimum Gasteiger partial charge on any atom is -0.618 e. The zero-order valence-corrected chi connectivity index (χ0v) is 19.5. The minimum absolute atomic E-state index is 0.247. The van der Waals surface area contributed by atoms with Gasteiger partial charge in [0.2, 0.25) is 5.52 Å². The van der Waals surface area contributed by atoms with Gasteiger partial charge >= 0.3 is 0 Å². The smallest absolute Gasteiger partial charge is 0.259 e. The second kappa shape index (κ2) is 8.79. The maximum Gasteiger partial charge on any atom is 0.259 e. The average Bonchev–Trinajstić information content (AvgIpc) is 2.94. The molecule has 0 fully saturated rings. The molecule has 1 aliphatic rings. The van der Waals surface area contributed by atoms with Gasteiger partial charge in [0, 0.05) is 31.3 Å². The number of nitrogens with zero attached hydrogens (tertiary/aromatic N) is 4. The number of hydrogen-bond donors (Lipinski definition) is 1. The molecule has 0 saturated carbocycles. The van der Waals surface area contributed by atoms with Gasteiger partial charge in [0.15, 0.2) is 12.0 Å². The first kappa shape index (κ1) is 21.9. The van der Waals surface area contributed by atoms with Crippen molar-refractivity contribution in [1.29, 1.82) is 0 Å². The van der Waals surface area contributed by atoms with E-state index in [2.05, 4.69) is 15.3 Å². The molecule has 0 radical (unpaired) electrons. The Bertz CT molecular complexity index is 1430. The molecule has 0 unspecified atom stereocenters. The van der Waals surface area contributed by atoms with Gasteiger partial charge in [0.05, 0.1) is 23.2 Å². The van der Waals surface area contributed by atoms with E-state index in [1.807, 2.05) is 36.9 Å². The summed E-state index contributed by atoms with van der Waals surface area (Å²) in [7, 11) is 0. The Balaban J connectivity index is 1.40. The number of benzene rings is 1. The molecule has 34 heavy (non-hydrogen) atoms. The Hall–Kier alpha value is -3.91. The number of carbonyl (C=O) groups excluding carboxylic acids is 1. The molecule has 4 heterocycles. The van der Waals surface area contributed by atoms with Crippen molar-refractivity contribution in [3.05, 3.63) is 81.9 Å². The van der Waals surface area contributed by atoms with Gasteiger partial charge in [-0.05, 0) is 49.2 Å². The van der Waals surface area contributed by atoms with Crippen molar-refractivity contribution in [2.75, 3.05) is 23.4 Å². The zero-order valence-electron chi connectivity index (χ0n) is 18.7. The molecule has 1 aromatic carbocycles. The van der Waals surface area contributed by atoms with Crippen LogP contribution < -0.4 is 19.7 Å². The number of aryl methyl sites for hydroxylation is 1. The number of aromatic nitrogens is 3. The number of carbonyl (C=O) groups is 1. The molecule has 9 heteroatoms. The maximum atomic E-state index is 13.1. The van der Waals surface area contributed by atoms with Gasteiger partial charge in [-0.1, -0.05) is 17.7 Å². The predicted molar refractivity (Wildman–Crippen MR) is 131 cm³/mol. The van der Waals surface area contributed by atoms with E-state index in [0.29, 0.717) is 58.9 Å². The summed E-state index contributed by atoms with van der Waals surface area (Å²) in [5.74, 6) is 1.50. The maximum absolute atomic E-state index is 13.1. The van der Waals surface area contributed by atoms with Crippen LogP contribution in [0.2, 0.25) is 5.15 Å². The van der Waals surface area contributed by atoms with Crippen LogP contribution in [0.4, 0.5) is 17.3 Å². The Morgan fingerprint density at radius 3 is 2.88 bits per heavy atom. The highest BCUT2D eigenvalue weighted by molar-refractivity contribution is 6.30. The molecule has 0 atom stereocenters. The summed E-state index contributed by atoms with van der Waals surface area (Å²) in [5, 5.41) is 16.1. The van der Waals surface area contributed by atoms with Crippen molar-refractivity contribution >= 4 is 45.7 Å². The fourth-order valence-electron chi connectivity index (χ4n) is 4.16. The number of halogens is 1. The summed E-state index contributed by atoms with van der Waals surface area (Å²) in [6.07, 6.45) is 3.74. The quantitative estimate of drug-likeness (QED) is 0.258. The van der Waals surface area contributed by atoms with Gasteiger partial charge in [-0.25, -0.2) is 9.97 Å². The third-order valence-corrected chi connectivity index (χ3v) is 6.01. The topological polar surface area (TPSA) is 94.3 Å². The fourth-order valence-corrected chi connectivity index (χ4v) is 4.41. The lowest BCUT2D eigenvalue weighted by Crippen LogP contribution is -2.25. The SMILES string of the molecule is CCN1c2ncc(CCOc3cccc4c3ccc[n+]4[O-])cc2C(=O)Nc2c(C)cc(Cl)nc21. The van der Waals surface area contributed by atoms with Crippen molar-refractivity contribution in [2.24, 2.45) is 0 Å². The molecule has 5 rings (SSSR count). The van der Waals surface area contributed by atoms with Crippen LogP contribution in [0.15, 0.2) is 54.9 Å². The van der Waals surface area contributed by atoms with Crippen molar-refractivity contribution in [3.63, 3.8) is 0 Å². The van der Waals surface area contributed by atoms with Gasteiger partial charge in [-0.15, -0.1) is 0 Å². The molecule has 0 bridgehead atoms. The number of rotatable bonds is 5. The summed E-state index contributed by atoms with van der Waals surface area (Å²) in [6.45, 7) is 4.79. The molecule has 0 spiro atoms. The zero-order chi connectivity index (χ0) is 23.8. The second-order valence-corrected chi connectivity index (χ2v) is 8.38. The number of anilines is 3. The molecule has 1 amide bonds.